The predicted molar refractivity (Wildman–Crippen MR) is 106 cm³/mol. The standard InChI is InChI=1S/C14H29N3O8P2.ClH/c1-5-21-14(18)13(15)10-8-9-11-17-12(4)16-24-27(20,23-7-3)25-26(17,19)22-6-2;/h13H,5-11,15H2,1-4H3;1H. The van der Waals surface area contributed by atoms with Crippen molar-refractivity contribution in [3.8, 4) is 0 Å². The highest BCUT2D eigenvalue weighted by atomic mass is 35.5. The van der Waals surface area contributed by atoms with Crippen LogP contribution in [0.3, 0.4) is 0 Å². The average molecular weight is 466 g/mol. The first-order chi connectivity index (χ1) is 12.7. The third-order valence-corrected chi connectivity index (χ3v) is 7.60. The molecule has 0 aromatic rings. The van der Waals surface area contributed by atoms with Crippen LogP contribution in [0.5, 0.6) is 0 Å². The number of halogens is 1. The van der Waals surface area contributed by atoms with Gasteiger partial charge in [0.15, 0.2) is 5.84 Å². The number of nitrogens with two attached hydrogens (primary N) is 1. The van der Waals surface area contributed by atoms with E-state index < -0.39 is 27.6 Å². The molecular weight excluding hydrogens is 436 g/mol. The number of carbonyl (C=O) groups is 1. The number of hydrogen-bond acceptors (Lipinski definition) is 10. The molecule has 0 saturated carbocycles. The van der Waals surface area contributed by atoms with Crippen LogP contribution >= 0.6 is 28.0 Å². The fraction of sp³-hybridized carbons (Fsp3) is 0.857. The number of phosphoric acid groups is 1. The Morgan fingerprint density at radius 1 is 1.18 bits per heavy atom. The second-order valence-corrected chi connectivity index (χ2v) is 9.18. The zero-order valence-corrected chi connectivity index (χ0v) is 19.2. The fourth-order valence-corrected chi connectivity index (χ4v) is 5.94. The minimum atomic E-state index is -4.16. The SMILES string of the molecule is CCOC(=O)C(N)CCCCN1C(C)=NOP(=O)(OCC)OP1(=O)OCC.Cl. The average Bonchev–Trinajstić information content (AvgIpc) is 2.68. The van der Waals surface area contributed by atoms with E-state index in [9.17, 15) is 13.9 Å². The third kappa shape index (κ3) is 7.99. The van der Waals surface area contributed by atoms with Gasteiger partial charge in [0.25, 0.3) is 0 Å². The fourth-order valence-electron chi connectivity index (χ4n) is 2.26. The van der Waals surface area contributed by atoms with E-state index >= 15 is 0 Å². The summed E-state index contributed by atoms with van der Waals surface area (Å²) in [7, 11) is -8.16. The van der Waals surface area contributed by atoms with Gasteiger partial charge in [-0.1, -0.05) is 5.16 Å². The van der Waals surface area contributed by atoms with E-state index in [-0.39, 0.29) is 44.6 Å². The number of hydrogen-bond donors (Lipinski definition) is 1. The smallest absolute Gasteiger partial charge is 0.465 e. The summed E-state index contributed by atoms with van der Waals surface area (Å²) in [6.07, 6.45) is 1.45. The lowest BCUT2D eigenvalue weighted by Crippen LogP contribution is -2.32. The van der Waals surface area contributed by atoms with Crippen molar-refractivity contribution in [2.24, 2.45) is 10.9 Å². The number of unbranched alkanes of at least 4 members (excludes halogenated alkanes) is 1. The van der Waals surface area contributed by atoms with Gasteiger partial charge in [0, 0.05) is 6.54 Å². The number of amidine groups is 1. The number of nitrogens with zero attached hydrogens (tertiary/aromatic N) is 2. The van der Waals surface area contributed by atoms with Crippen LogP contribution in [0.4, 0.5) is 0 Å². The first-order valence-electron chi connectivity index (χ1n) is 8.85. The Bertz CT molecular complexity index is 621. The lowest BCUT2D eigenvalue weighted by molar-refractivity contribution is -0.144. The second kappa shape index (κ2) is 12.8. The first kappa shape index (κ1) is 27.3. The zero-order valence-electron chi connectivity index (χ0n) is 16.6. The Balaban J connectivity index is 0.00000729. The van der Waals surface area contributed by atoms with Crippen LogP contribution in [0.2, 0.25) is 0 Å². The molecule has 0 aromatic heterocycles. The van der Waals surface area contributed by atoms with Crippen molar-refractivity contribution in [3.05, 3.63) is 0 Å². The Kier molecular flexibility index (Phi) is 12.5. The number of oxime groups is 1. The summed E-state index contributed by atoms with van der Waals surface area (Å²) < 4.78 is 52.0. The highest BCUT2D eigenvalue weighted by Gasteiger charge is 2.47. The molecule has 1 aliphatic rings. The van der Waals surface area contributed by atoms with E-state index in [1.807, 2.05) is 0 Å². The van der Waals surface area contributed by atoms with E-state index in [1.54, 1.807) is 20.8 Å². The largest absolute Gasteiger partial charge is 0.559 e. The van der Waals surface area contributed by atoms with Crippen molar-refractivity contribution in [1.82, 2.24) is 4.67 Å². The molecule has 1 aliphatic heterocycles. The minimum absolute atomic E-state index is 0. The summed E-state index contributed by atoms with van der Waals surface area (Å²) in [6, 6.07) is -0.722. The zero-order chi connectivity index (χ0) is 20.5. The first-order valence-corrected chi connectivity index (χ1v) is 11.8. The molecule has 28 heavy (non-hydrogen) atoms. The van der Waals surface area contributed by atoms with Crippen molar-refractivity contribution in [2.75, 3.05) is 26.4 Å². The molecule has 0 aromatic carbocycles. The lowest BCUT2D eigenvalue weighted by Gasteiger charge is -2.28. The predicted octanol–water partition coefficient (Wildman–Crippen LogP) is 3.44. The molecule has 1 rings (SSSR count). The maximum Gasteiger partial charge on any atom is 0.559 e. The summed E-state index contributed by atoms with van der Waals surface area (Å²) in [5.74, 6) is -0.279. The van der Waals surface area contributed by atoms with Gasteiger partial charge < -0.3 is 10.5 Å². The third-order valence-electron chi connectivity index (χ3n) is 3.45. The topological polar surface area (TPSA) is 139 Å². The van der Waals surface area contributed by atoms with Gasteiger partial charge in [0.05, 0.1) is 19.8 Å². The normalized spacial score (nSPS) is 25.8. The van der Waals surface area contributed by atoms with Crippen LogP contribution in [0.1, 0.15) is 47.0 Å². The van der Waals surface area contributed by atoms with Crippen LogP contribution in [0, 0.1) is 0 Å². The highest BCUT2D eigenvalue weighted by molar-refractivity contribution is 7.64. The Morgan fingerprint density at radius 2 is 1.82 bits per heavy atom. The van der Waals surface area contributed by atoms with E-state index in [0.29, 0.717) is 19.3 Å². The monoisotopic (exact) mass is 465 g/mol. The molecule has 0 bridgehead atoms. The van der Waals surface area contributed by atoms with E-state index in [4.69, 9.17) is 28.5 Å². The number of esters is 1. The van der Waals surface area contributed by atoms with Gasteiger partial charge in [-0.3, -0.25) is 23.1 Å². The Labute approximate surface area is 171 Å². The van der Waals surface area contributed by atoms with Crippen molar-refractivity contribution in [2.45, 2.75) is 53.0 Å². The van der Waals surface area contributed by atoms with Crippen molar-refractivity contribution in [3.63, 3.8) is 0 Å². The van der Waals surface area contributed by atoms with Gasteiger partial charge in [-0.25, -0.2) is 9.13 Å². The molecule has 0 spiro atoms. The number of rotatable bonds is 11. The van der Waals surface area contributed by atoms with Crippen LogP contribution in [0.25, 0.3) is 0 Å². The molecule has 1 heterocycles. The molecule has 0 radical (unpaired) electrons. The summed E-state index contributed by atoms with van der Waals surface area (Å²) in [5, 5.41) is 3.70. The lowest BCUT2D eigenvalue weighted by atomic mass is 10.1. The summed E-state index contributed by atoms with van der Waals surface area (Å²) in [4.78, 5) is 11.5. The summed E-state index contributed by atoms with van der Waals surface area (Å²) >= 11 is 0. The molecule has 0 aliphatic carbocycles. The van der Waals surface area contributed by atoms with Crippen molar-refractivity contribution < 1.29 is 36.6 Å². The van der Waals surface area contributed by atoms with Gasteiger partial charge in [-0.2, -0.15) is 4.31 Å². The van der Waals surface area contributed by atoms with E-state index in [1.165, 1.54) is 11.6 Å². The molecule has 11 nitrogen and oxygen atoms in total. The van der Waals surface area contributed by atoms with Gasteiger partial charge in [-0.05, 0) is 47.0 Å². The highest BCUT2D eigenvalue weighted by Crippen LogP contribution is 2.68. The van der Waals surface area contributed by atoms with Crippen LogP contribution in [0.15, 0.2) is 5.16 Å². The maximum absolute atomic E-state index is 13.2. The van der Waals surface area contributed by atoms with Crippen molar-refractivity contribution in [1.29, 1.82) is 0 Å². The van der Waals surface area contributed by atoms with Gasteiger partial charge in [-0.15, -0.1) is 12.4 Å². The van der Waals surface area contributed by atoms with Gasteiger partial charge in [0.1, 0.15) is 6.04 Å². The number of ether oxygens (including phenoxy) is 1. The quantitative estimate of drug-likeness (QED) is 0.274. The second-order valence-electron chi connectivity index (χ2n) is 5.53. The molecule has 14 heteroatoms. The molecule has 0 saturated heterocycles. The van der Waals surface area contributed by atoms with Gasteiger partial charge in [0.2, 0.25) is 0 Å². The van der Waals surface area contributed by atoms with Gasteiger partial charge >= 0.3 is 21.5 Å². The van der Waals surface area contributed by atoms with E-state index in [2.05, 4.69) is 5.16 Å². The Hall–Kier alpha value is -0.670. The molecule has 166 valence electrons. The summed E-state index contributed by atoms with van der Waals surface area (Å²) in [5.41, 5.74) is 5.76. The van der Waals surface area contributed by atoms with Crippen LogP contribution in [-0.4, -0.2) is 48.9 Å². The summed E-state index contributed by atoms with van der Waals surface area (Å²) in [6.45, 7) is 7.00. The van der Waals surface area contributed by atoms with Crippen LogP contribution < -0.4 is 5.73 Å². The molecule has 3 unspecified atom stereocenters. The van der Waals surface area contributed by atoms with Crippen molar-refractivity contribution >= 4 is 39.8 Å². The van der Waals surface area contributed by atoms with Crippen LogP contribution in [-0.2, 0) is 36.6 Å². The van der Waals surface area contributed by atoms with E-state index in [0.717, 1.165) is 0 Å². The molecule has 3 atom stereocenters. The molecule has 0 amide bonds. The minimum Gasteiger partial charge on any atom is -0.465 e. The molecular formula is C14H30ClN3O8P2. The Morgan fingerprint density at radius 3 is 2.39 bits per heavy atom. The molecule has 2 N–H and O–H groups in total. The maximum atomic E-state index is 13.2. The number of carbonyl (C=O) groups excluding carboxylic acids is 1. The molecule has 0 fully saturated rings.